The summed E-state index contributed by atoms with van der Waals surface area (Å²) >= 11 is 0. The topological polar surface area (TPSA) is 54.5 Å². The third kappa shape index (κ3) is 2.88. The Bertz CT molecular complexity index is 1160. The second-order valence-corrected chi connectivity index (χ2v) is 7.03. The summed E-state index contributed by atoms with van der Waals surface area (Å²) in [5.74, 6) is 1.73. The van der Waals surface area contributed by atoms with E-state index in [1.807, 2.05) is 42.6 Å². The number of nitrogens with zero attached hydrogens (tertiary/aromatic N) is 4. The number of benzene rings is 2. The van der Waals surface area contributed by atoms with Gasteiger partial charge >= 0.3 is 0 Å². The van der Waals surface area contributed by atoms with Crippen molar-refractivity contribution in [2.75, 3.05) is 0 Å². The van der Waals surface area contributed by atoms with Crippen molar-refractivity contribution in [2.45, 2.75) is 25.3 Å². The van der Waals surface area contributed by atoms with Gasteiger partial charge in [-0.2, -0.15) is 5.26 Å². The SMILES string of the molecule is N#Cc1ccccc1-c1ccc(Cn2c(C3CC3)nc3cccnc32)cc1. The minimum Gasteiger partial charge on any atom is -0.308 e. The van der Waals surface area contributed by atoms with Crippen molar-refractivity contribution in [1.82, 2.24) is 14.5 Å². The highest BCUT2D eigenvalue weighted by atomic mass is 15.1. The molecule has 2 aromatic carbocycles. The van der Waals surface area contributed by atoms with Gasteiger partial charge in [0.2, 0.25) is 0 Å². The molecule has 1 aliphatic rings. The molecule has 0 amide bonds. The van der Waals surface area contributed by atoms with E-state index in [1.54, 1.807) is 0 Å². The van der Waals surface area contributed by atoms with E-state index in [1.165, 1.54) is 18.4 Å². The maximum atomic E-state index is 9.33. The van der Waals surface area contributed by atoms with E-state index in [-0.39, 0.29) is 0 Å². The van der Waals surface area contributed by atoms with E-state index < -0.39 is 0 Å². The van der Waals surface area contributed by atoms with E-state index in [0.717, 1.165) is 34.7 Å². The van der Waals surface area contributed by atoms with Gasteiger partial charge in [0.1, 0.15) is 11.3 Å². The van der Waals surface area contributed by atoms with Crippen LogP contribution in [-0.2, 0) is 6.54 Å². The Balaban J connectivity index is 1.50. The third-order valence-electron chi connectivity index (χ3n) is 5.13. The minimum atomic E-state index is 0.570. The summed E-state index contributed by atoms with van der Waals surface area (Å²) < 4.78 is 2.26. The number of aromatic nitrogens is 3. The first-order valence-corrected chi connectivity index (χ1v) is 9.23. The molecular formula is C23H18N4. The number of rotatable bonds is 4. The molecule has 130 valence electrons. The molecule has 4 aromatic rings. The van der Waals surface area contributed by atoms with Crippen LogP contribution in [0.2, 0.25) is 0 Å². The highest BCUT2D eigenvalue weighted by Gasteiger charge is 2.29. The van der Waals surface area contributed by atoms with Crippen molar-refractivity contribution in [3.63, 3.8) is 0 Å². The average Bonchev–Trinajstić information content (AvgIpc) is 3.51. The van der Waals surface area contributed by atoms with Crippen LogP contribution in [-0.4, -0.2) is 14.5 Å². The van der Waals surface area contributed by atoms with Crippen molar-refractivity contribution in [1.29, 1.82) is 5.26 Å². The van der Waals surface area contributed by atoms with E-state index in [9.17, 15) is 5.26 Å². The summed E-state index contributed by atoms with van der Waals surface area (Å²) in [5, 5.41) is 9.33. The maximum absolute atomic E-state index is 9.33. The van der Waals surface area contributed by atoms with Gasteiger partial charge < -0.3 is 4.57 Å². The maximum Gasteiger partial charge on any atom is 0.160 e. The van der Waals surface area contributed by atoms with Crippen molar-refractivity contribution >= 4 is 11.2 Å². The summed E-state index contributed by atoms with van der Waals surface area (Å²) in [7, 11) is 0. The van der Waals surface area contributed by atoms with E-state index in [4.69, 9.17) is 4.98 Å². The summed E-state index contributed by atoms with van der Waals surface area (Å²) in [5.41, 5.74) is 5.87. The molecule has 4 nitrogen and oxygen atoms in total. The quantitative estimate of drug-likeness (QED) is 0.526. The van der Waals surface area contributed by atoms with Crippen LogP contribution < -0.4 is 0 Å². The highest BCUT2D eigenvalue weighted by molar-refractivity contribution is 5.72. The van der Waals surface area contributed by atoms with Crippen LogP contribution in [0.4, 0.5) is 0 Å². The number of hydrogen-bond donors (Lipinski definition) is 0. The second-order valence-electron chi connectivity index (χ2n) is 7.03. The van der Waals surface area contributed by atoms with Crippen LogP contribution in [0.5, 0.6) is 0 Å². The average molecular weight is 350 g/mol. The Hall–Kier alpha value is -3.45. The smallest absolute Gasteiger partial charge is 0.160 e. The molecule has 5 rings (SSSR count). The summed E-state index contributed by atoms with van der Waals surface area (Å²) in [6.07, 6.45) is 4.26. The zero-order valence-corrected chi connectivity index (χ0v) is 14.8. The molecule has 0 radical (unpaired) electrons. The fourth-order valence-corrected chi connectivity index (χ4v) is 3.59. The highest BCUT2D eigenvalue weighted by Crippen LogP contribution is 2.40. The molecule has 0 spiro atoms. The van der Waals surface area contributed by atoms with Gasteiger partial charge in [-0.15, -0.1) is 0 Å². The van der Waals surface area contributed by atoms with Gasteiger partial charge in [-0.25, -0.2) is 9.97 Å². The predicted octanol–water partition coefficient (Wildman–Crippen LogP) is 4.90. The fraction of sp³-hybridized carbons (Fsp3) is 0.174. The summed E-state index contributed by atoms with van der Waals surface area (Å²) in [6.45, 7) is 0.763. The molecule has 4 heteroatoms. The molecule has 0 unspecified atom stereocenters. The number of nitriles is 1. The van der Waals surface area contributed by atoms with Crippen molar-refractivity contribution in [3.8, 4) is 17.2 Å². The lowest BCUT2D eigenvalue weighted by Gasteiger charge is -2.10. The largest absolute Gasteiger partial charge is 0.308 e. The monoisotopic (exact) mass is 350 g/mol. The lowest BCUT2D eigenvalue weighted by molar-refractivity contribution is 0.740. The van der Waals surface area contributed by atoms with Gasteiger partial charge in [0, 0.05) is 12.1 Å². The Kier molecular flexibility index (Phi) is 3.72. The van der Waals surface area contributed by atoms with E-state index >= 15 is 0 Å². The minimum absolute atomic E-state index is 0.570. The summed E-state index contributed by atoms with van der Waals surface area (Å²) in [4.78, 5) is 9.38. The van der Waals surface area contributed by atoms with E-state index in [2.05, 4.69) is 39.9 Å². The van der Waals surface area contributed by atoms with Crippen LogP contribution in [0.3, 0.4) is 0 Å². The Morgan fingerprint density at radius 1 is 1.00 bits per heavy atom. The first-order valence-electron chi connectivity index (χ1n) is 9.23. The molecule has 0 atom stereocenters. The van der Waals surface area contributed by atoms with Crippen LogP contribution >= 0.6 is 0 Å². The molecule has 27 heavy (non-hydrogen) atoms. The molecule has 1 fully saturated rings. The number of imidazole rings is 1. The number of fused-ring (bicyclic) bond motifs is 1. The molecule has 0 N–H and O–H groups in total. The molecule has 2 aromatic heterocycles. The fourth-order valence-electron chi connectivity index (χ4n) is 3.59. The number of hydrogen-bond acceptors (Lipinski definition) is 3. The molecule has 0 bridgehead atoms. The zero-order chi connectivity index (χ0) is 18.2. The Morgan fingerprint density at radius 3 is 2.59 bits per heavy atom. The molecule has 0 saturated heterocycles. The Morgan fingerprint density at radius 2 is 1.81 bits per heavy atom. The molecular weight excluding hydrogens is 332 g/mol. The van der Waals surface area contributed by atoms with Crippen LogP contribution in [0.1, 0.15) is 35.7 Å². The lowest BCUT2D eigenvalue weighted by atomic mass is 9.99. The second kappa shape index (κ2) is 6.37. The summed E-state index contributed by atoms with van der Waals surface area (Å²) in [6, 6.07) is 22.4. The third-order valence-corrected chi connectivity index (χ3v) is 5.13. The van der Waals surface area contributed by atoms with Gasteiger partial charge in [-0.3, -0.25) is 0 Å². The Labute approximate surface area is 157 Å². The van der Waals surface area contributed by atoms with Crippen LogP contribution in [0.25, 0.3) is 22.3 Å². The van der Waals surface area contributed by atoms with Crippen molar-refractivity contribution in [2.24, 2.45) is 0 Å². The van der Waals surface area contributed by atoms with Gasteiger partial charge in [0.15, 0.2) is 5.65 Å². The van der Waals surface area contributed by atoms with Gasteiger partial charge in [-0.1, -0.05) is 42.5 Å². The number of pyridine rings is 1. The molecule has 0 aliphatic heterocycles. The lowest BCUT2D eigenvalue weighted by Crippen LogP contribution is -2.05. The first-order chi connectivity index (χ1) is 13.3. The van der Waals surface area contributed by atoms with E-state index in [0.29, 0.717) is 11.5 Å². The van der Waals surface area contributed by atoms with Crippen LogP contribution in [0.15, 0.2) is 66.9 Å². The predicted molar refractivity (Wildman–Crippen MR) is 105 cm³/mol. The van der Waals surface area contributed by atoms with Gasteiger partial charge in [-0.05, 0) is 47.7 Å². The van der Waals surface area contributed by atoms with Crippen molar-refractivity contribution in [3.05, 3.63) is 83.8 Å². The normalized spacial score (nSPS) is 13.6. The molecule has 1 aliphatic carbocycles. The van der Waals surface area contributed by atoms with Crippen LogP contribution in [0, 0.1) is 11.3 Å². The van der Waals surface area contributed by atoms with Gasteiger partial charge in [0.25, 0.3) is 0 Å². The van der Waals surface area contributed by atoms with Crippen molar-refractivity contribution < 1.29 is 0 Å². The first kappa shape index (κ1) is 15.8. The standard InChI is InChI=1S/C23H18N4/c24-14-19-4-1-2-5-20(19)17-9-7-16(8-10-17)15-27-22(18-11-12-18)26-21-6-3-13-25-23(21)27/h1-10,13,18H,11-12,15H2. The van der Waals surface area contributed by atoms with Gasteiger partial charge in [0.05, 0.1) is 18.2 Å². The molecule has 1 saturated carbocycles. The zero-order valence-electron chi connectivity index (χ0n) is 14.8. The molecule has 2 heterocycles.